The first-order valence-corrected chi connectivity index (χ1v) is 6.06. The standard InChI is InChI=1S/C12H11BrFNO2/c1-7-4-9(13)10(14)6-11(7)15-3-2-8(16)5-12(15)17/h4,6H,2-3,5H2,1H3. The maximum Gasteiger partial charge on any atom is 0.234 e. The molecule has 0 saturated carbocycles. The average Bonchev–Trinajstić information content (AvgIpc) is 2.24. The minimum Gasteiger partial charge on any atom is -0.311 e. The number of nitrogens with zero attached hydrogens (tertiary/aromatic N) is 1. The summed E-state index contributed by atoms with van der Waals surface area (Å²) in [6.07, 6.45) is 0.250. The van der Waals surface area contributed by atoms with Crippen LogP contribution in [-0.4, -0.2) is 18.2 Å². The number of hydrogen-bond donors (Lipinski definition) is 0. The molecule has 1 aliphatic heterocycles. The highest BCUT2D eigenvalue weighted by atomic mass is 79.9. The molecule has 3 nitrogen and oxygen atoms in total. The number of hydrogen-bond acceptors (Lipinski definition) is 2. The summed E-state index contributed by atoms with van der Waals surface area (Å²) in [6, 6.07) is 2.96. The lowest BCUT2D eigenvalue weighted by atomic mass is 10.1. The Hall–Kier alpha value is -1.23. The highest BCUT2D eigenvalue weighted by molar-refractivity contribution is 9.10. The molecule has 0 bridgehead atoms. The lowest BCUT2D eigenvalue weighted by Crippen LogP contribution is -2.39. The van der Waals surface area contributed by atoms with Gasteiger partial charge >= 0.3 is 0 Å². The minimum absolute atomic E-state index is 0.0542. The van der Waals surface area contributed by atoms with E-state index in [0.717, 1.165) is 5.56 Å². The van der Waals surface area contributed by atoms with Gasteiger partial charge in [0.2, 0.25) is 5.91 Å². The summed E-state index contributed by atoms with van der Waals surface area (Å²) >= 11 is 3.10. The van der Waals surface area contributed by atoms with Crippen LogP contribution in [0.25, 0.3) is 0 Å². The molecule has 0 aliphatic carbocycles. The molecule has 1 heterocycles. The number of anilines is 1. The van der Waals surface area contributed by atoms with Crippen molar-refractivity contribution >= 4 is 33.3 Å². The molecule has 0 spiro atoms. The van der Waals surface area contributed by atoms with E-state index in [0.29, 0.717) is 23.1 Å². The van der Waals surface area contributed by atoms with Crippen LogP contribution in [0.2, 0.25) is 0 Å². The van der Waals surface area contributed by atoms with E-state index in [1.54, 1.807) is 6.07 Å². The predicted octanol–water partition coefficient (Wildman–Crippen LogP) is 2.59. The fourth-order valence-electron chi connectivity index (χ4n) is 1.90. The number of amides is 1. The van der Waals surface area contributed by atoms with Crippen molar-refractivity contribution in [1.82, 2.24) is 0 Å². The highest BCUT2D eigenvalue weighted by Crippen LogP contribution is 2.28. The Bertz CT molecular complexity index is 502. The zero-order valence-electron chi connectivity index (χ0n) is 9.30. The van der Waals surface area contributed by atoms with E-state index < -0.39 is 5.82 Å². The SMILES string of the molecule is Cc1cc(Br)c(F)cc1N1CCC(=O)CC1=O. The summed E-state index contributed by atoms with van der Waals surface area (Å²) in [5.74, 6) is -0.720. The molecule has 1 saturated heterocycles. The van der Waals surface area contributed by atoms with E-state index >= 15 is 0 Å². The molecule has 1 amide bonds. The van der Waals surface area contributed by atoms with Crippen LogP contribution in [0.3, 0.4) is 0 Å². The highest BCUT2D eigenvalue weighted by Gasteiger charge is 2.26. The summed E-state index contributed by atoms with van der Waals surface area (Å²) in [5, 5.41) is 0. The van der Waals surface area contributed by atoms with Crippen molar-refractivity contribution in [2.75, 3.05) is 11.4 Å². The molecular formula is C12H11BrFNO2. The number of ketones is 1. The molecule has 5 heteroatoms. The van der Waals surface area contributed by atoms with Gasteiger partial charge in [0.25, 0.3) is 0 Å². The van der Waals surface area contributed by atoms with Crippen molar-refractivity contribution in [2.24, 2.45) is 0 Å². The molecule has 0 aromatic heterocycles. The van der Waals surface area contributed by atoms with Crippen LogP contribution in [0.15, 0.2) is 16.6 Å². The smallest absolute Gasteiger partial charge is 0.234 e. The van der Waals surface area contributed by atoms with Gasteiger partial charge in [-0.25, -0.2) is 4.39 Å². The Morgan fingerprint density at radius 2 is 2.06 bits per heavy atom. The Morgan fingerprint density at radius 3 is 2.71 bits per heavy atom. The van der Waals surface area contributed by atoms with E-state index in [-0.39, 0.29) is 18.1 Å². The van der Waals surface area contributed by atoms with Gasteiger partial charge in [0.15, 0.2) is 0 Å². The van der Waals surface area contributed by atoms with Gasteiger partial charge in [-0.2, -0.15) is 0 Å². The lowest BCUT2D eigenvalue weighted by Gasteiger charge is -2.27. The van der Waals surface area contributed by atoms with Gasteiger partial charge in [0, 0.05) is 18.7 Å². The summed E-state index contributed by atoms with van der Waals surface area (Å²) in [4.78, 5) is 24.3. The molecule has 0 unspecified atom stereocenters. The normalized spacial score (nSPS) is 16.5. The number of piperidine rings is 1. The van der Waals surface area contributed by atoms with Gasteiger partial charge in [-0.1, -0.05) is 0 Å². The number of rotatable bonds is 1. The van der Waals surface area contributed by atoms with Crippen LogP contribution in [-0.2, 0) is 9.59 Å². The molecule has 0 atom stereocenters. The van der Waals surface area contributed by atoms with E-state index in [1.165, 1.54) is 11.0 Å². The van der Waals surface area contributed by atoms with Gasteiger partial charge in [-0.15, -0.1) is 0 Å². The van der Waals surface area contributed by atoms with Gasteiger partial charge in [0.05, 0.1) is 10.9 Å². The van der Waals surface area contributed by atoms with Gasteiger partial charge in [-0.3, -0.25) is 9.59 Å². The van der Waals surface area contributed by atoms with Crippen LogP contribution in [0.4, 0.5) is 10.1 Å². The average molecular weight is 300 g/mol. The maximum atomic E-state index is 13.5. The summed E-state index contributed by atoms with van der Waals surface area (Å²) in [7, 11) is 0. The molecule has 2 rings (SSSR count). The van der Waals surface area contributed by atoms with Crippen molar-refractivity contribution in [3.05, 3.63) is 28.0 Å². The van der Waals surface area contributed by atoms with Crippen molar-refractivity contribution in [1.29, 1.82) is 0 Å². The molecule has 0 radical (unpaired) electrons. The molecule has 1 fully saturated rings. The number of Topliss-reactive ketones (excluding diaryl/α,β-unsaturated/α-hetero) is 1. The molecule has 1 aromatic carbocycles. The Balaban J connectivity index is 2.37. The second-order valence-electron chi connectivity index (χ2n) is 4.06. The van der Waals surface area contributed by atoms with Gasteiger partial charge in [0.1, 0.15) is 11.6 Å². The first-order chi connectivity index (χ1) is 7.99. The number of aryl methyl sites for hydroxylation is 1. The Kier molecular flexibility index (Phi) is 3.28. The largest absolute Gasteiger partial charge is 0.311 e. The first-order valence-electron chi connectivity index (χ1n) is 5.27. The summed E-state index contributed by atoms with van der Waals surface area (Å²) in [6.45, 7) is 2.14. The zero-order valence-corrected chi connectivity index (χ0v) is 10.9. The second-order valence-corrected chi connectivity index (χ2v) is 4.92. The van der Waals surface area contributed by atoms with Crippen LogP contribution >= 0.6 is 15.9 Å². The molecule has 17 heavy (non-hydrogen) atoms. The quantitative estimate of drug-likeness (QED) is 0.748. The third-order valence-electron chi connectivity index (χ3n) is 2.79. The fraction of sp³-hybridized carbons (Fsp3) is 0.333. The lowest BCUT2D eigenvalue weighted by molar-refractivity contribution is -0.128. The van der Waals surface area contributed by atoms with Crippen molar-refractivity contribution in [3.63, 3.8) is 0 Å². The summed E-state index contributed by atoms with van der Waals surface area (Å²) < 4.78 is 13.8. The Morgan fingerprint density at radius 1 is 1.35 bits per heavy atom. The summed E-state index contributed by atoms with van der Waals surface area (Å²) in [5.41, 5.74) is 1.35. The Labute approximate surface area is 107 Å². The van der Waals surface area contributed by atoms with E-state index in [2.05, 4.69) is 15.9 Å². The maximum absolute atomic E-state index is 13.5. The van der Waals surface area contributed by atoms with Gasteiger partial charge in [-0.05, 0) is 40.5 Å². The van der Waals surface area contributed by atoms with Crippen LogP contribution in [0.1, 0.15) is 18.4 Å². The second kappa shape index (κ2) is 4.56. The minimum atomic E-state index is -0.407. The predicted molar refractivity (Wildman–Crippen MR) is 65.4 cm³/mol. The topological polar surface area (TPSA) is 37.4 Å². The van der Waals surface area contributed by atoms with Crippen LogP contribution in [0, 0.1) is 12.7 Å². The monoisotopic (exact) mass is 299 g/mol. The molecule has 1 aromatic rings. The zero-order chi connectivity index (χ0) is 12.6. The van der Waals surface area contributed by atoms with Crippen molar-refractivity contribution in [3.8, 4) is 0 Å². The first kappa shape index (κ1) is 12.2. The van der Waals surface area contributed by atoms with Crippen molar-refractivity contribution in [2.45, 2.75) is 19.8 Å². The number of benzene rings is 1. The fourth-order valence-corrected chi connectivity index (χ4v) is 2.35. The van der Waals surface area contributed by atoms with E-state index in [1.807, 2.05) is 6.92 Å². The third kappa shape index (κ3) is 2.39. The number of halogens is 2. The molecule has 1 aliphatic rings. The van der Waals surface area contributed by atoms with Gasteiger partial charge < -0.3 is 4.90 Å². The van der Waals surface area contributed by atoms with E-state index in [4.69, 9.17) is 0 Å². The third-order valence-corrected chi connectivity index (χ3v) is 3.40. The van der Waals surface area contributed by atoms with Crippen LogP contribution in [0.5, 0.6) is 0 Å². The molecular weight excluding hydrogens is 289 g/mol. The van der Waals surface area contributed by atoms with Crippen LogP contribution < -0.4 is 4.90 Å². The van der Waals surface area contributed by atoms with E-state index in [9.17, 15) is 14.0 Å². The van der Waals surface area contributed by atoms with Crippen molar-refractivity contribution < 1.29 is 14.0 Å². The molecule has 90 valence electrons. The number of carbonyl (C=O) groups is 2. The molecule has 0 N–H and O–H groups in total. The number of carbonyl (C=O) groups excluding carboxylic acids is 2.